The van der Waals surface area contributed by atoms with Crippen molar-refractivity contribution in [1.29, 1.82) is 0 Å². The van der Waals surface area contributed by atoms with Gasteiger partial charge in [0.1, 0.15) is 29.6 Å². The number of anilines is 1. The van der Waals surface area contributed by atoms with E-state index in [-0.39, 0.29) is 11.9 Å². The van der Waals surface area contributed by atoms with E-state index >= 15 is 0 Å². The van der Waals surface area contributed by atoms with Gasteiger partial charge in [-0.05, 0) is 25.1 Å². The molecule has 4 N–H and O–H groups in total. The number of aromatic nitrogens is 3. The summed E-state index contributed by atoms with van der Waals surface area (Å²) in [5.74, 6) is -0.332. The van der Waals surface area contributed by atoms with Gasteiger partial charge in [-0.25, -0.2) is 9.07 Å². The number of benzene rings is 2. The molecule has 1 aliphatic heterocycles. The highest BCUT2D eigenvalue weighted by Gasteiger charge is 2.44. The zero-order valence-corrected chi connectivity index (χ0v) is 16.2. The van der Waals surface area contributed by atoms with Gasteiger partial charge in [0, 0.05) is 10.6 Å². The lowest BCUT2D eigenvalue weighted by Crippen LogP contribution is -2.33. The summed E-state index contributed by atoms with van der Waals surface area (Å²) in [5, 5.41) is 41.4. The third kappa shape index (κ3) is 3.56. The van der Waals surface area contributed by atoms with E-state index in [1.165, 1.54) is 10.7 Å². The van der Waals surface area contributed by atoms with Gasteiger partial charge in [0.05, 0.1) is 23.9 Å². The Hall–Kier alpha value is -2.30. The molecule has 1 saturated heterocycles. The summed E-state index contributed by atoms with van der Waals surface area (Å²) >= 11 is 6.27. The molecule has 5 atom stereocenters. The second-order valence-electron chi connectivity index (χ2n) is 6.97. The van der Waals surface area contributed by atoms with Gasteiger partial charge < -0.3 is 25.4 Å². The maximum absolute atomic E-state index is 14.1. The van der Waals surface area contributed by atoms with Crippen LogP contribution in [0.4, 0.5) is 10.1 Å². The van der Waals surface area contributed by atoms with Crippen LogP contribution in [0.3, 0.4) is 0 Å². The first-order valence-electron chi connectivity index (χ1n) is 9.08. The summed E-state index contributed by atoms with van der Waals surface area (Å²) in [5.41, 5.74) is 1.91. The number of aliphatic hydroxyl groups is 3. The second-order valence-corrected chi connectivity index (χ2v) is 7.41. The molecule has 3 aromatic rings. The molecule has 154 valence electrons. The number of nitrogens with one attached hydrogen (secondary N) is 1. The van der Waals surface area contributed by atoms with Crippen molar-refractivity contribution in [3.63, 3.8) is 0 Å². The number of hydrogen-bond donors (Lipinski definition) is 4. The highest BCUT2D eigenvalue weighted by atomic mass is 35.5. The van der Waals surface area contributed by atoms with Crippen molar-refractivity contribution in [3.05, 3.63) is 52.8 Å². The summed E-state index contributed by atoms with van der Waals surface area (Å²) in [7, 11) is 0. The first-order valence-corrected chi connectivity index (χ1v) is 9.46. The molecule has 0 spiro atoms. The Morgan fingerprint density at radius 2 is 2.03 bits per heavy atom. The fraction of sp³-hybridized carbons (Fsp3) is 0.368. The lowest BCUT2D eigenvalue weighted by atomic mass is 10.1. The van der Waals surface area contributed by atoms with Gasteiger partial charge in [-0.15, -0.1) is 5.10 Å². The molecule has 1 aromatic heterocycles. The Morgan fingerprint density at radius 3 is 2.72 bits per heavy atom. The first-order chi connectivity index (χ1) is 13.9. The van der Waals surface area contributed by atoms with E-state index in [0.29, 0.717) is 27.3 Å². The van der Waals surface area contributed by atoms with Crippen molar-refractivity contribution in [1.82, 2.24) is 15.0 Å². The number of halogens is 2. The van der Waals surface area contributed by atoms with E-state index in [9.17, 15) is 19.7 Å². The molecule has 8 nitrogen and oxygen atoms in total. The molecule has 29 heavy (non-hydrogen) atoms. The lowest BCUT2D eigenvalue weighted by Gasteiger charge is -2.18. The molecule has 1 unspecified atom stereocenters. The van der Waals surface area contributed by atoms with Crippen molar-refractivity contribution < 1.29 is 24.4 Å². The van der Waals surface area contributed by atoms with Crippen LogP contribution in [0.5, 0.6) is 0 Å². The zero-order chi connectivity index (χ0) is 20.7. The molecular weight excluding hydrogens is 403 g/mol. The van der Waals surface area contributed by atoms with E-state index in [2.05, 4.69) is 15.6 Å². The van der Waals surface area contributed by atoms with E-state index in [0.717, 1.165) is 0 Å². The predicted molar refractivity (Wildman–Crippen MR) is 104 cm³/mol. The van der Waals surface area contributed by atoms with Crippen LogP contribution >= 0.6 is 11.6 Å². The van der Waals surface area contributed by atoms with Crippen LogP contribution in [0.15, 0.2) is 36.4 Å². The minimum atomic E-state index is -1.30. The molecule has 0 amide bonds. The summed E-state index contributed by atoms with van der Waals surface area (Å²) in [4.78, 5) is 0. The molecule has 0 radical (unpaired) electrons. The minimum absolute atomic E-state index is 0.332. The van der Waals surface area contributed by atoms with Crippen LogP contribution in [0.2, 0.25) is 5.02 Å². The Labute approximate surface area is 170 Å². The molecular formula is C19H20ClFN4O4. The number of aliphatic hydroxyl groups excluding tert-OH is 3. The second kappa shape index (κ2) is 7.85. The van der Waals surface area contributed by atoms with Crippen LogP contribution in [0.1, 0.15) is 24.8 Å². The van der Waals surface area contributed by atoms with Gasteiger partial charge in [-0.3, -0.25) is 0 Å². The van der Waals surface area contributed by atoms with Gasteiger partial charge in [0.25, 0.3) is 0 Å². The number of rotatable bonds is 5. The van der Waals surface area contributed by atoms with Crippen LogP contribution in [-0.4, -0.2) is 55.2 Å². The molecule has 0 bridgehead atoms. The number of hydrogen-bond acceptors (Lipinski definition) is 7. The zero-order valence-electron chi connectivity index (χ0n) is 15.4. The van der Waals surface area contributed by atoms with Crippen molar-refractivity contribution in [3.8, 4) is 0 Å². The average molecular weight is 423 g/mol. The smallest absolute Gasteiger partial charge is 0.181 e. The SMILES string of the molecule is CC(Nc1cc(Cl)cc2c1nnn2[C@@H]1O[C@H](CO)[C@@H](O)[C@H]1O)c1ccccc1F. The summed E-state index contributed by atoms with van der Waals surface area (Å²) in [6.07, 6.45) is -4.54. The quantitative estimate of drug-likeness (QED) is 0.497. The highest BCUT2D eigenvalue weighted by molar-refractivity contribution is 6.31. The van der Waals surface area contributed by atoms with Crippen LogP contribution in [-0.2, 0) is 4.74 Å². The molecule has 2 aromatic carbocycles. The highest BCUT2D eigenvalue weighted by Crippen LogP contribution is 2.35. The standard InChI is InChI=1S/C19H20ClFN4O4/c1-9(11-4-2-3-5-12(11)21)22-13-6-10(20)7-14-16(13)23-24-25(14)19-18(28)17(27)15(8-26)29-19/h2-7,9,15,17-19,22,26-28H,8H2,1H3/t9?,15-,17-,18-,19-/m1/s1. The van der Waals surface area contributed by atoms with E-state index in [4.69, 9.17) is 16.3 Å². The molecule has 2 heterocycles. The van der Waals surface area contributed by atoms with Crippen molar-refractivity contribution in [2.75, 3.05) is 11.9 Å². The van der Waals surface area contributed by atoms with Gasteiger partial charge in [0.2, 0.25) is 0 Å². The molecule has 4 rings (SSSR count). The van der Waals surface area contributed by atoms with Gasteiger partial charge >= 0.3 is 0 Å². The third-order valence-corrected chi connectivity index (χ3v) is 5.26. The molecule has 1 fully saturated rings. The van der Waals surface area contributed by atoms with Gasteiger partial charge in [-0.1, -0.05) is 35.0 Å². The average Bonchev–Trinajstić information content (AvgIpc) is 3.23. The minimum Gasteiger partial charge on any atom is -0.394 e. The fourth-order valence-corrected chi connectivity index (χ4v) is 3.74. The van der Waals surface area contributed by atoms with Crippen LogP contribution in [0.25, 0.3) is 11.0 Å². The molecule has 0 saturated carbocycles. The molecule has 1 aliphatic rings. The maximum atomic E-state index is 14.1. The van der Waals surface area contributed by atoms with Gasteiger partial charge in [-0.2, -0.15) is 0 Å². The largest absolute Gasteiger partial charge is 0.394 e. The van der Waals surface area contributed by atoms with E-state index < -0.39 is 31.1 Å². The summed E-state index contributed by atoms with van der Waals surface area (Å²) in [6, 6.07) is 9.32. The summed E-state index contributed by atoms with van der Waals surface area (Å²) in [6.45, 7) is 1.36. The first kappa shape index (κ1) is 20.0. The van der Waals surface area contributed by atoms with E-state index in [1.54, 1.807) is 30.3 Å². The van der Waals surface area contributed by atoms with Crippen molar-refractivity contribution in [2.45, 2.75) is 37.5 Å². The number of nitrogens with zero attached hydrogens (tertiary/aromatic N) is 3. The number of fused-ring (bicyclic) bond motifs is 1. The van der Waals surface area contributed by atoms with Crippen LogP contribution in [0, 0.1) is 5.82 Å². The number of ether oxygens (including phenoxy) is 1. The lowest BCUT2D eigenvalue weighted by molar-refractivity contribution is -0.0572. The maximum Gasteiger partial charge on any atom is 0.181 e. The fourth-order valence-electron chi connectivity index (χ4n) is 3.52. The predicted octanol–water partition coefficient (Wildman–Crippen LogP) is 2.01. The Bertz CT molecular complexity index is 1030. The third-order valence-electron chi connectivity index (χ3n) is 5.04. The van der Waals surface area contributed by atoms with E-state index in [1.807, 2.05) is 6.92 Å². The topological polar surface area (TPSA) is 113 Å². The van der Waals surface area contributed by atoms with Crippen LogP contribution < -0.4 is 5.32 Å². The Balaban J connectivity index is 1.70. The van der Waals surface area contributed by atoms with Gasteiger partial charge in [0.15, 0.2) is 6.23 Å². The monoisotopic (exact) mass is 422 g/mol. The Morgan fingerprint density at radius 1 is 1.28 bits per heavy atom. The van der Waals surface area contributed by atoms with Crippen molar-refractivity contribution in [2.24, 2.45) is 0 Å². The molecule has 10 heteroatoms. The summed E-state index contributed by atoms with van der Waals surface area (Å²) < 4.78 is 20.9. The Kier molecular flexibility index (Phi) is 5.41. The van der Waals surface area contributed by atoms with Crippen molar-refractivity contribution >= 4 is 28.3 Å². The molecule has 0 aliphatic carbocycles. The normalized spacial score (nSPS) is 25.4.